The fourth-order valence-electron chi connectivity index (χ4n) is 2.84. The number of carbonyl (C=O) groups is 1. The third kappa shape index (κ3) is 0.724. The summed E-state index contributed by atoms with van der Waals surface area (Å²) in [5, 5.41) is 0. The zero-order valence-electron chi connectivity index (χ0n) is 7.07. The summed E-state index contributed by atoms with van der Waals surface area (Å²) in [5.41, 5.74) is 5.88. The molecule has 0 aromatic rings. The van der Waals surface area contributed by atoms with Crippen molar-refractivity contribution in [1.29, 1.82) is 0 Å². The van der Waals surface area contributed by atoms with E-state index in [9.17, 15) is 4.79 Å². The Labute approximate surface area is 71.9 Å². The van der Waals surface area contributed by atoms with Gasteiger partial charge in [-0.2, -0.15) is 0 Å². The van der Waals surface area contributed by atoms with E-state index in [0.717, 1.165) is 25.8 Å². The van der Waals surface area contributed by atoms with Crippen molar-refractivity contribution in [3.05, 3.63) is 0 Å². The van der Waals surface area contributed by atoms with Crippen LogP contribution < -0.4 is 5.73 Å². The Morgan fingerprint density at radius 2 is 2.25 bits per heavy atom. The number of hydrogen-bond acceptors (Lipinski definition) is 2. The fourth-order valence-corrected chi connectivity index (χ4v) is 2.84. The first-order valence-corrected chi connectivity index (χ1v) is 4.83. The molecule has 2 heterocycles. The fraction of sp³-hybridized carbons (Fsp3) is 0.889. The molecule has 66 valence electrons. The molecule has 2 unspecified atom stereocenters. The van der Waals surface area contributed by atoms with Crippen molar-refractivity contribution in [1.82, 2.24) is 4.90 Å². The van der Waals surface area contributed by atoms with E-state index in [1.165, 1.54) is 0 Å². The minimum Gasteiger partial charge on any atom is -0.339 e. The molecule has 0 spiro atoms. The monoisotopic (exact) mass is 166 g/mol. The van der Waals surface area contributed by atoms with E-state index in [2.05, 4.69) is 4.90 Å². The van der Waals surface area contributed by atoms with Gasteiger partial charge in [-0.3, -0.25) is 4.79 Å². The zero-order valence-corrected chi connectivity index (χ0v) is 7.07. The number of carbonyl (C=O) groups excluding carboxylic acids is 1. The smallest absolute Gasteiger partial charge is 0.226 e. The second-order valence-electron chi connectivity index (χ2n) is 4.39. The molecule has 3 rings (SSSR count). The zero-order chi connectivity index (χ0) is 8.29. The maximum Gasteiger partial charge on any atom is 0.226 e. The van der Waals surface area contributed by atoms with Crippen molar-refractivity contribution in [3.8, 4) is 0 Å². The Morgan fingerprint density at radius 3 is 3.08 bits per heavy atom. The Kier molecular flexibility index (Phi) is 1.16. The lowest BCUT2D eigenvalue weighted by Crippen LogP contribution is -2.47. The number of rotatable bonds is 0. The Balaban J connectivity index is 1.85. The third-order valence-corrected chi connectivity index (χ3v) is 3.62. The van der Waals surface area contributed by atoms with Crippen LogP contribution in [0, 0.1) is 11.8 Å². The second-order valence-corrected chi connectivity index (χ2v) is 4.39. The average Bonchev–Trinajstić information content (AvgIpc) is 2.77. The maximum atomic E-state index is 11.6. The highest BCUT2D eigenvalue weighted by molar-refractivity contribution is 5.85. The summed E-state index contributed by atoms with van der Waals surface area (Å²) >= 11 is 0. The summed E-state index contributed by atoms with van der Waals surface area (Å²) in [7, 11) is 0. The van der Waals surface area contributed by atoms with Gasteiger partial charge in [-0.1, -0.05) is 0 Å². The minimum absolute atomic E-state index is 0.346. The topological polar surface area (TPSA) is 46.3 Å². The molecule has 0 radical (unpaired) electrons. The van der Waals surface area contributed by atoms with Crippen LogP contribution in [0.2, 0.25) is 0 Å². The number of amides is 1. The molecule has 3 nitrogen and oxygen atoms in total. The van der Waals surface area contributed by atoms with Crippen LogP contribution in [0.1, 0.15) is 19.3 Å². The van der Waals surface area contributed by atoms with Gasteiger partial charge in [-0.05, 0) is 25.2 Å². The molecule has 12 heavy (non-hydrogen) atoms. The highest BCUT2D eigenvalue weighted by Crippen LogP contribution is 2.52. The van der Waals surface area contributed by atoms with Crippen molar-refractivity contribution in [2.75, 3.05) is 6.54 Å². The number of piperidine rings is 2. The van der Waals surface area contributed by atoms with Crippen molar-refractivity contribution in [3.63, 3.8) is 0 Å². The largest absolute Gasteiger partial charge is 0.339 e. The predicted octanol–water partition coefficient (Wildman–Crippen LogP) is -0.0456. The first-order chi connectivity index (χ1) is 5.77. The molecule has 3 fully saturated rings. The van der Waals surface area contributed by atoms with E-state index in [0.29, 0.717) is 29.8 Å². The molecule has 0 bridgehead atoms. The molecule has 0 aromatic heterocycles. The van der Waals surface area contributed by atoms with Gasteiger partial charge in [0.1, 0.15) is 0 Å². The van der Waals surface area contributed by atoms with E-state index in [4.69, 9.17) is 5.73 Å². The van der Waals surface area contributed by atoms with Gasteiger partial charge < -0.3 is 10.6 Å². The number of nitrogens with zero attached hydrogens (tertiary/aromatic N) is 1. The van der Waals surface area contributed by atoms with Crippen LogP contribution in [0.4, 0.5) is 0 Å². The molecule has 1 aliphatic carbocycles. The second kappa shape index (κ2) is 2.02. The minimum atomic E-state index is 0.346. The van der Waals surface area contributed by atoms with Gasteiger partial charge >= 0.3 is 0 Å². The molecule has 3 aliphatic rings. The molecule has 1 saturated carbocycles. The van der Waals surface area contributed by atoms with Crippen LogP contribution in [-0.2, 0) is 4.79 Å². The summed E-state index contributed by atoms with van der Waals surface area (Å²) in [4.78, 5) is 13.6. The van der Waals surface area contributed by atoms with E-state index >= 15 is 0 Å². The Hall–Kier alpha value is -0.570. The van der Waals surface area contributed by atoms with Gasteiger partial charge in [0.05, 0.1) is 0 Å². The van der Waals surface area contributed by atoms with Gasteiger partial charge in [-0.15, -0.1) is 0 Å². The SMILES string of the molecule is NC1CCN2C(=O)[C@H]3C[C@H]3C2C1. The van der Waals surface area contributed by atoms with Crippen LogP contribution >= 0.6 is 0 Å². The van der Waals surface area contributed by atoms with Crippen molar-refractivity contribution in [2.24, 2.45) is 17.6 Å². The summed E-state index contributed by atoms with van der Waals surface area (Å²) in [6, 6.07) is 0.865. The number of fused-ring (bicyclic) bond motifs is 3. The van der Waals surface area contributed by atoms with Crippen LogP contribution in [-0.4, -0.2) is 29.4 Å². The summed E-state index contributed by atoms with van der Waals surface area (Å²) in [6.45, 7) is 0.914. The summed E-state index contributed by atoms with van der Waals surface area (Å²) in [6.07, 6.45) is 3.20. The lowest BCUT2D eigenvalue weighted by Gasteiger charge is -2.35. The van der Waals surface area contributed by atoms with Crippen molar-refractivity contribution < 1.29 is 4.79 Å². The summed E-state index contributed by atoms with van der Waals surface area (Å²) in [5.74, 6) is 1.50. The molecule has 1 amide bonds. The normalized spacial score (nSPS) is 50.4. The van der Waals surface area contributed by atoms with E-state index in [1.54, 1.807) is 0 Å². The maximum absolute atomic E-state index is 11.6. The molecule has 2 N–H and O–H groups in total. The van der Waals surface area contributed by atoms with Gasteiger partial charge in [0, 0.05) is 24.5 Å². The van der Waals surface area contributed by atoms with Crippen LogP contribution in [0.25, 0.3) is 0 Å². The quantitative estimate of drug-likeness (QED) is 0.548. The number of hydrogen-bond donors (Lipinski definition) is 1. The van der Waals surface area contributed by atoms with Crippen LogP contribution in [0.15, 0.2) is 0 Å². The van der Waals surface area contributed by atoms with E-state index < -0.39 is 0 Å². The molecule has 0 aromatic carbocycles. The van der Waals surface area contributed by atoms with Gasteiger partial charge in [-0.25, -0.2) is 0 Å². The molecular formula is C9H14N2O. The first kappa shape index (κ1) is 6.89. The van der Waals surface area contributed by atoms with Gasteiger partial charge in [0.15, 0.2) is 0 Å². The molecule has 3 heteroatoms. The highest BCUT2D eigenvalue weighted by atomic mass is 16.2. The molecular weight excluding hydrogens is 152 g/mol. The van der Waals surface area contributed by atoms with Gasteiger partial charge in [0.25, 0.3) is 0 Å². The Bertz CT molecular complexity index is 241. The third-order valence-electron chi connectivity index (χ3n) is 3.62. The number of nitrogens with two attached hydrogens (primary N) is 1. The van der Waals surface area contributed by atoms with Crippen LogP contribution in [0.3, 0.4) is 0 Å². The predicted molar refractivity (Wildman–Crippen MR) is 44.3 cm³/mol. The first-order valence-electron chi connectivity index (χ1n) is 4.83. The standard InChI is InChI=1S/C9H14N2O/c10-5-1-2-11-8(3-5)6-4-7(6)9(11)12/h5-8H,1-4,10H2/t5?,6-,7+,8?/m1/s1. The van der Waals surface area contributed by atoms with Crippen LogP contribution in [0.5, 0.6) is 0 Å². The van der Waals surface area contributed by atoms with E-state index in [1.807, 2.05) is 0 Å². The molecule has 2 saturated heterocycles. The lowest BCUT2D eigenvalue weighted by atomic mass is 9.96. The van der Waals surface area contributed by atoms with Gasteiger partial charge in [0.2, 0.25) is 5.91 Å². The summed E-state index contributed by atoms with van der Waals surface area (Å²) < 4.78 is 0. The lowest BCUT2D eigenvalue weighted by molar-refractivity contribution is -0.132. The Morgan fingerprint density at radius 1 is 1.42 bits per heavy atom. The van der Waals surface area contributed by atoms with Crippen molar-refractivity contribution >= 4 is 5.91 Å². The van der Waals surface area contributed by atoms with Crippen molar-refractivity contribution in [2.45, 2.75) is 31.3 Å². The molecule has 2 aliphatic heterocycles. The van der Waals surface area contributed by atoms with E-state index in [-0.39, 0.29) is 0 Å². The highest BCUT2D eigenvalue weighted by Gasteiger charge is 2.59. The average molecular weight is 166 g/mol. The molecule has 4 atom stereocenters.